The molecule has 0 bridgehead atoms. The number of aryl methyl sites for hydroxylation is 1. The van der Waals surface area contributed by atoms with Crippen molar-refractivity contribution in [3.8, 4) is 0 Å². The number of benzene rings is 2. The summed E-state index contributed by atoms with van der Waals surface area (Å²) in [5, 5.41) is 0. The third-order valence-corrected chi connectivity index (χ3v) is 2.54. The predicted molar refractivity (Wildman–Crippen MR) is 61.0 cm³/mol. The number of ketones is 1. The molecule has 17 heavy (non-hydrogen) atoms. The molecule has 0 atom stereocenters. The summed E-state index contributed by atoms with van der Waals surface area (Å²) >= 11 is 0. The van der Waals surface area contributed by atoms with Crippen LogP contribution in [-0.4, -0.2) is 5.78 Å². The average molecular weight is 232 g/mol. The molecule has 3 heteroatoms. The van der Waals surface area contributed by atoms with Crippen LogP contribution in [0.15, 0.2) is 42.5 Å². The maximum absolute atomic E-state index is 13.7. The lowest BCUT2D eigenvalue weighted by molar-refractivity contribution is 0.103. The van der Waals surface area contributed by atoms with E-state index in [1.165, 1.54) is 30.3 Å². The molecule has 0 aliphatic rings. The van der Waals surface area contributed by atoms with Gasteiger partial charge in [-0.15, -0.1) is 0 Å². The maximum atomic E-state index is 13.7. The van der Waals surface area contributed by atoms with Gasteiger partial charge in [-0.25, -0.2) is 8.78 Å². The number of hydrogen-bond acceptors (Lipinski definition) is 1. The molecule has 0 spiro atoms. The molecule has 0 saturated carbocycles. The van der Waals surface area contributed by atoms with Crippen molar-refractivity contribution < 1.29 is 13.6 Å². The van der Waals surface area contributed by atoms with Gasteiger partial charge < -0.3 is 0 Å². The molecule has 0 radical (unpaired) electrons. The summed E-state index contributed by atoms with van der Waals surface area (Å²) in [7, 11) is 0. The molecule has 0 N–H and O–H groups in total. The molecule has 86 valence electrons. The van der Waals surface area contributed by atoms with Gasteiger partial charge in [-0.1, -0.05) is 12.1 Å². The van der Waals surface area contributed by atoms with E-state index in [2.05, 4.69) is 0 Å². The molecule has 0 amide bonds. The Hall–Kier alpha value is -2.03. The Kier molecular flexibility index (Phi) is 3.00. The highest BCUT2D eigenvalue weighted by molar-refractivity contribution is 6.09. The van der Waals surface area contributed by atoms with Crippen molar-refractivity contribution in [1.82, 2.24) is 0 Å². The Balaban J connectivity index is 2.44. The predicted octanol–water partition coefficient (Wildman–Crippen LogP) is 3.50. The number of rotatable bonds is 2. The van der Waals surface area contributed by atoms with E-state index in [4.69, 9.17) is 0 Å². The molecular weight excluding hydrogens is 222 g/mol. The first kappa shape index (κ1) is 11.5. The van der Waals surface area contributed by atoms with E-state index in [0.29, 0.717) is 5.56 Å². The fourth-order valence-electron chi connectivity index (χ4n) is 1.58. The monoisotopic (exact) mass is 232 g/mol. The number of carbonyl (C=O) groups excluding carboxylic acids is 1. The zero-order chi connectivity index (χ0) is 12.4. The normalized spacial score (nSPS) is 10.3. The second kappa shape index (κ2) is 4.45. The smallest absolute Gasteiger partial charge is 0.195 e. The Morgan fingerprint density at radius 3 is 2.29 bits per heavy atom. The van der Waals surface area contributed by atoms with Gasteiger partial charge in [-0.05, 0) is 42.8 Å². The lowest BCUT2D eigenvalue weighted by Crippen LogP contribution is -2.05. The molecule has 2 rings (SSSR count). The van der Waals surface area contributed by atoms with Gasteiger partial charge in [0.15, 0.2) is 5.78 Å². The zero-order valence-corrected chi connectivity index (χ0v) is 9.21. The molecular formula is C14H10F2O. The highest BCUT2D eigenvalue weighted by Gasteiger charge is 2.14. The summed E-state index contributed by atoms with van der Waals surface area (Å²) in [6.45, 7) is 1.59. The van der Waals surface area contributed by atoms with Crippen LogP contribution < -0.4 is 0 Å². The van der Waals surface area contributed by atoms with E-state index in [9.17, 15) is 13.6 Å². The van der Waals surface area contributed by atoms with E-state index in [-0.39, 0.29) is 11.1 Å². The van der Waals surface area contributed by atoms with E-state index >= 15 is 0 Å². The average Bonchev–Trinajstić information content (AvgIpc) is 2.33. The molecule has 0 unspecified atom stereocenters. The Morgan fingerprint density at radius 2 is 1.65 bits per heavy atom. The number of halogens is 2. The Morgan fingerprint density at radius 1 is 1.00 bits per heavy atom. The van der Waals surface area contributed by atoms with E-state index in [0.717, 1.165) is 0 Å². The third kappa shape index (κ3) is 2.23. The van der Waals surface area contributed by atoms with Crippen LogP contribution in [0.1, 0.15) is 21.5 Å². The van der Waals surface area contributed by atoms with Crippen LogP contribution in [0.5, 0.6) is 0 Å². The molecule has 1 nitrogen and oxygen atoms in total. The van der Waals surface area contributed by atoms with Crippen LogP contribution >= 0.6 is 0 Å². The summed E-state index contributed by atoms with van der Waals surface area (Å²) < 4.78 is 26.4. The van der Waals surface area contributed by atoms with Crippen LogP contribution in [0.2, 0.25) is 0 Å². The summed E-state index contributed by atoms with van der Waals surface area (Å²) in [6.07, 6.45) is 0. The van der Waals surface area contributed by atoms with Gasteiger partial charge in [0.05, 0.1) is 5.56 Å². The minimum absolute atomic E-state index is 0.0107. The standard InChI is InChI=1S/C14H10F2O/c1-9-3-2-4-12(13(9)16)14(17)10-5-7-11(15)8-6-10/h2-8H,1H3. The van der Waals surface area contributed by atoms with Gasteiger partial charge in [-0.2, -0.15) is 0 Å². The highest BCUT2D eigenvalue weighted by atomic mass is 19.1. The van der Waals surface area contributed by atoms with Crippen molar-refractivity contribution in [2.24, 2.45) is 0 Å². The SMILES string of the molecule is Cc1cccc(C(=O)c2ccc(F)cc2)c1F. The topological polar surface area (TPSA) is 17.1 Å². The molecule has 0 aliphatic carbocycles. The van der Waals surface area contributed by atoms with Gasteiger partial charge in [-0.3, -0.25) is 4.79 Å². The largest absolute Gasteiger partial charge is 0.288 e. The van der Waals surface area contributed by atoms with Gasteiger partial charge >= 0.3 is 0 Å². The molecule has 0 saturated heterocycles. The van der Waals surface area contributed by atoms with Crippen molar-refractivity contribution in [2.75, 3.05) is 0 Å². The molecule has 2 aromatic carbocycles. The van der Waals surface area contributed by atoms with Crippen molar-refractivity contribution in [3.05, 3.63) is 70.8 Å². The second-order valence-electron chi connectivity index (χ2n) is 3.77. The fraction of sp³-hybridized carbons (Fsp3) is 0.0714. The third-order valence-electron chi connectivity index (χ3n) is 2.54. The molecule has 0 aromatic heterocycles. The Labute approximate surface area is 97.7 Å². The van der Waals surface area contributed by atoms with Gasteiger partial charge in [0.2, 0.25) is 0 Å². The fourth-order valence-corrected chi connectivity index (χ4v) is 1.58. The first-order chi connectivity index (χ1) is 8.09. The molecule has 0 aliphatic heterocycles. The highest BCUT2D eigenvalue weighted by Crippen LogP contribution is 2.16. The first-order valence-electron chi connectivity index (χ1n) is 5.15. The van der Waals surface area contributed by atoms with E-state index in [1.54, 1.807) is 19.1 Å². The van der Waals surface area contributed by atoms with Crippen molar-refractivity contribution >= 4 is 5.78 Å². The lowest BCUT2D eigenvalue weighted by Gasteiger charge is -2.04. The minimum atomic E-state index is -0.526. The van der Waals surface area contributed by atoms with Gasteiger partial charge in [0.25, 0.3) is 0 Å². The van der Waals surface area contributed by atoms with Crippen LogP contribution in [-0.2, 0) is 0 Å². The van der Waals surface area contributed by atoms with E-state index in [1.807, 2.05) is 0 Å². The second-order valence-corrected chi connectivity index (χ2v) is 3.77. The first-order valence-corrected chi connectivity index (χ1v) is 5.15. The maximum Gasteiger partial charge on any atom is 0.195 e. The molecule has 0 heterocycles. The lowest BCUT2D eigenvalue weighted by atomic mass is 10.0. The summed E-state index contributed by atoms with van der Waals surface area (Å²) in [5.41, 5.74) is 0.700. The quantitative estimate of drug-likeness (QED) is 0.724. The van der Waals surface area contributed by atoms with Crippen molar-refractivity contribution in [2.45, 2.75) is 6.92 Å². The van der Waals surface area contributed by atoms with Crippen LogP contribution in [0, 0.1) is 18.6 Å². The zero-order valence-electron chi connectivity index (χ0n) is 9.21. The molecule has 0 fully saturated rings. The van der Waals surface area contributed by atoms with E-state index < -0.39 is 17.4 Å². The van der Waals surface area contributed by atoms with Crippen LogP contribution in [0.3, 0.4) is 0 Å². The summed E-state index contributed by atoms with van der Waals surface area (Å²) in [6, 6.07) is 9.70. The minimum Gasteiger partial charge on any atom is -0.288 e. The summed E-state index contributed by atoms with van der Waals surface area (Å²) in [5.74, 6) is -1.39. The van der Waals surface area contributed by atoms with Crippen molar-refractivity contribution in [1.29, 1.82) is 0 Å². The summed E-state index contributed by atoms with van der Waals surface area (Å²) in [4.78, 5) is 12.0. The number of hydrogen-bond donors (Lipinski definition) is 0. The molecule has 2 aromatic rings. The van der Waals surface area contributed by atoms with Gasteiger partial charge in [0.1, 0.15) is 11.6 Å². The van der Waals surface area contributed by atoms with Gasteiger partial charge in [0, 0.05) is 5.56 Å². The van der Waals surface area contributed by atoms with Crippen LogP contribution in [0.25, 0.3) is 0 Å². The van der Waals surface area contributed by atoms with Crippen LogP contribution in [0.4, 0.5) is 8.78 Å². The van der Waals surface area contributed by atoms with Crippen molar-refractivity contribution in [3.63, 3.8) is 0 Å². The number of carbonyl (C=O) groups is 1. The Bertz CT molecular complexity index is 559.